The van der Waals surface area contributed by atoms with Gasteiger partial charge in [0.05, 0.1) is 12.1 Å². The summed E-state index contributed by atoms with van der Waals surface area (Å²) in [5.41, 5.74) is 2.83. The van der Waals surface area contributed by atoms with Crippen molar-refractivity contribution >= 4 is 11.7 Å². The second kappa shape index (κ2) is 8.83. The number of rotatable bonds is 4. The molecule has 2 aliphatic heterocycles. The smallest absolute Gasteiger partial charge is 0.260 e. The number of likely N-dealkylation sites (tertiary alicyclic amines) is 1. The van der Waals surface area contributed by atoms with E-state index in [1.807, 2.05) is 62.9 Å². The Morgan fingerprint density at radius 2 is 1.84 bits per heavy atom. The molecule has 32 heavy (non-hydrogen) atoms. The molecule has 1 amide bonds. The molecule has 0 unspecified atom stereocenters. The van der Waals surface area contributed by atoms with Crippen molar-refractivity contribution in [3.8, 4) is 0 Å². The van der Waals surface area contributed by atoms with Gasteiger partial charge in [-0.2, -0.15) is 5.10 Å². The molecule has 0 radical (unpaired) electrons. The summed E-state index contributed by atoms with van der Waals surface area (Å²) < 4.78 is 29.3. The van der Waals surface area contributed by atoms with Crippen molar-refractivity contribution in [3.05, 3.63) is 47.2 Å². The van der Waals surface area contributed by atoms with Crippen molar-refractivity contribution in [1.82, 2.24) is 14.7 Å². The number of fused-ring (bicyclic) bond motifs is 1. The first kappa shape index (κ1) is 22.7. The number of hydrogen-bond acceptors (Lipinski definition) is 3. The van der Waals surface area contributed by atoms with Gasteiger partial charge in [-0.25, -0.2) is 13.5 Å². The quantitative estimate of drug-likeness (QED) is 0.725. The summed E-state index contributed by atoms with van der Waals surface area (Å²) in [6, 6.07) is 9.05. The molecule has 0 bridgehead atoms. The zero-order valence-electron chi connectivity index (χ0n) is 19.4. The lowest BCUT2D eigenvalue weighted by Crippen LogP contribution is -2.46. The molecule has 1 aromatic carbocycles. The van der Waals surface area contributed by atoms with Crippen LogP contribution in [-0.2, 0) is 16.6 Å². The van der Waals surface area contributed by atoms with Crippen molar-refractivity contribution in [2.75, 3.05) is 18.4 Å². The standard InChI is InChI=1S/C25H34F2N4O/c1-16-5-7-17(8-6-16)13-23(32)30-11-9-18(10-12-30)19-14-20(24(26)27)31-22(28-19)15-21(29-31)25(2,3)4/h5-8,15,18-20,24,28H,9-14H2,1-4H3/t19-,20+/m0/s1. The molecule has 2 atom stereocenters. The summed E-state index contributed by atoms with van der Waals surface area (Å²) in [4.78, 5) is 14.7. The van der Waals surface area contributed by atoms with Gasteiger partial charge in [-0.15, -0.1) is 0 Å². The molecular weight excluding hydrogens is 410 g/mol. The average molecular weight is 445 g/mol. The van der Waals surface area contributed by atoms with Crippen LogP contribution >= 0.6 is 0 Å². The number of nitrogens with zero attached hydrogens (tertiary/aromatic N) is 3. The molecule has 2 aromatic rings. The van der Waals surface area contributed by atoms with Crippen LogP contribution in [0, 0.1) is 12.8 Å². The summed E-state index contributed by atoms with van der Waals surface area (Å²) in [6.07, 6.45) is -0.0318. The fraction of sp³-hybridized carbons (Fsp3) is 0.600. The molecule has 5 nitrogen and oxygen atoms in total. The lowest BCUT2D eigenvalue weighted by atomic mass is 9.84. The van der Waals surface area contributed by atoms with Crippen LogP contribution < -0.4 is 5.32 Å². The van der Waals surface area contributed by atoms with E-state index in [-0.39, 0.29) is 23.3 Å². The van der Waals surface area contributed by atoms with E-state index in [1.165, 1.54) is 10.2 Å². The van der Waals surface area contributed by atoms with E-state index in [1.54, 1.807) is 0 Å². The Balaban J connectivity index is 1.39. The van der Waals surface area contributed by atoms with Crippen molar-refractivity contribution in [1.29, 1.82) is 0 Å². The minimum absolute atomic E-state index is 0.0274. The highest BCUT2D eigenvalue weighted by atomic mass is 19.3. The fourth-order valence-electron chi connectivity index (χ4n) is 4.79. The SMILES string of the molecule is Cc1ccc(CC(=O)N2CCC([C@@H]3C[C@H](C(F)F)n4nc(C(C)(C)C)cc4N3)CC2)cc1. The number of benzene rings is 1. The van der Waals surface area contributed by atoms with Crippen LogP contribution in [0.1, 0.15) is 62.9 Å². The number of anilines is 1. The molecule has 1 N–H and O–H groups in total. The summed E-state index contributed by atoms with van der Waals surface area (Å²) in [7, 11) is 0. The van der Waals surface area contributed by atoms with E-state index in [4.69, 9.17) is 0 Å². The molecule has 7 heteroatoms. The molecular formula is C25H34F2N4O. The molecule has 1 saturated heterocycles. The molecule has 2 aliphatic rings. The Kier molecular flexibility index (Phi) is 6.28. The maximum Gasteiger partial charge on any atom is 0.260 e. The number of halogens is 2. The van der Waals surface area contributed by atoms with Gasteiger partial charge in [0, 0.05) is 30.6 Å². The zero-order valence-corrected chi connectivity index (χ0v) is 19.4. The van der Waals surface area contributed by atoms with Gasteiger partial charge < -0.3 is 10.2 Å². The highest BCUT2D eigenvalue weighted by Crippen LogP contribution is 2.38. The van der Waals surface area contributed by atoms with Crippen LogP contribution in [0.5, 0.6) is 0 Å². The van der Waals surface area contributed by atoms with E-state index in [0.717, 1.165) is 24.1 Å². The summed E-state index contributed by atoms with van der Waals surface area (Å²) in [6.45, 7) is 9.52. The maximum absolute atomic E-state index is 13.9. The number of carbonyl (C=O) groups is 1. The monoisotopic (exact) mass is 444 g/mol. The minimum atomic E-state index is -2.46. The number of hydrogen-bond donors (Lipinski definition) is 1. The molecule has 4 rings (SSSR count). The number of aryl methyl sites for hydroxylation is 1. The molecule has 174 valence electrons. The Labute approximate surface area is 189 Å². The second-order valence-electron chi connectivity index (χ2n) is 10.4. The molecule has 0 saturated carbocycles. The van der Waals surface area contributed by atoms with Gasteiger partial charge in [-0.05, 0) is 37.7 Å². The first-order valence-corrected chi connectivity index (χ1v) is 11.6. The predicted octanol–water partition coefficient (Wildman–Crippen LogP) is 4.96. The van der Waals surface area contributed by atoms with Gasteiger partial charge in [0.1, 0.15) is 11.9 Å². The number of nitrogens with one attached hydrogen (secondary N) is 1. The first-order chi connectivity index (χ1) is 15.1. The Hall–Kier alpha value is -2.44. The van der Waals surface area contributed by atoms with Crippen molar-refractivity contribution in [2.24, 2.45) is 5.92 Å². The molecule has 0 spiro atoms. The zero-order chi connectivity index (χ0) is 23.0. The number of aromatic nitrogens is 2. The lowest BCUT2D eigenvalue weighted by molar-refractivity contribution is -0.131. The van der Waals surface area contributed by atoms with Gasteiger partial charge in [0.15, 0.2) is 0 Å². The lowest BCUT2D eigenvalue weighted by Gasteiger charge is -2.40. The minimum Gasteiger partial charge on any atom is -0.367 e. The number of alkyl halides is 2. The van der Waals surface area contributed by atoms with E-state index < -0.39 is 12.5 Å². The van der Waals surface area contributed by atoms with Crippen molar-refractivity contribution in [2.45, 2.75) is 77.3 Å². The van der Waals surface area contributed by atoms with Crippen molar-refractivity contribution < 1.29 is 13.6 Å². The third-order valence-electron chi connectivity index (χ3n) is 6.88. The van der Waals surface area contributed by atoms with Gasteiger partial charge in [0.25, 0.3) is 6.43 Å². The van der Waals surface area contributed by atoms with E-state index >= 15 is 0 Å². The Morgan fingerprint density at radius 1 is 1.19 bits per heavy atom. The van der Waals surface area contributed by atoms with Crippen LogP contribution in [0.15, 0.2) is 30.3 Å². The van der Waals surface area contributed by atoms with E-state index in [0.29, 0.717) is 31.7 Å². The molecule has 0 aliphatic carbocycles. The number of amides is 1. The van der Waals surface area contributed by atoms with Crippen LogP contribution in [0.3, 0.4) is 0 Å². The van der Waals surface area contributed by atoms with E-state index in [2.05, 4.69) is 10.4 Å². The normalized spacial score (nSPS) is 22.0. The third kappa shape index (κ3) is 4.81. The molecule has 1 fully saturated rings. The number of carbonyl (C=O) groups excluding carboxylic acids is 1. The Bertz CT molecular complexity index is 940. The number of piperidine rings is 1. The highest BCUT2D eigenvalue weighted by molar-refractivity contribution is 5.78. The highest BCUT2D eigenvalue weighted by Gasteiger charge is 2.39. The van der Waals surface area contributed by atoms with Gasteiger partial charge in [0.2, 0.25) is 5.91 Å². The first-order valence-electron chi connectivity index (χ1n) is 11.6. The largest absolute Gasteiger partial charge is 0.367 e. The van der Waals surface area contributed by atoms with Crippen LogP contribution in [0.4, 0.5) is 14.6 Å². The third-order valence-corrected chi connectivity index (χ3v) is 6.88. The van der Waals surface area contributed by atoms with Crippen LogP contribution in [0.2, 0.25) is 0 Å². The van der Waals surface area contributed by atoms with Gasteiger partial charge in [-0.1, -0.05) is 50.6 Å². The van der Waals surface area contributed by atoms with Gasteiger partial charge in [-0.3, -0.25) is 4.79 Å². The predicted molar refractivity (Wildman–Crippen MR) is 122 cm³/mol. The molecule has 1 aromatic heterocycles. The molecule has 3 heterocycles. The summed E-state index contributed by atoms with van der Waals surface area (Å²) in [5.74, 6) is 1.10. The van der Waals surface area contributed by atoms with E-state index in [9.17, 15) is 13.6 Å². The van der Waals surface area contributed by atoms with Gasteiger partial charge >= 0.3 is 0 Å². The fourth-order valence-corrected chi connectivity index (χ4v) is 4.79. The average Bonchev–Trinajstić information content (AvgIpc) is 3.19. The van der Waals surface area contributed by atoms with Crippen molar-refractivity contribution in [3.63, 3.8) is 0 Å². The summed E-state index contributed by atoms with van der Waals surface area (Å²) in [5, 5.41) is 8.00. The van der Waals surface area contributed by atoms with Crippen LogP contribution in [0.25, 0.3) is 0 Å². The summed E-state index contributed by atoms with van der Waals surface area (Å²) >= 11 is 0. The Morgan fingerprint density at radius 3 is 2.44 bits per heavy atom. The second-order valence-corrected chi connectivity index (χ2v) is 10.4. The van der Waals surface area contributed by atoms with Crippen LogP contribution in [-0.4, -0.2) is 46.1 Å². The topological polar surface area (TPSA) is 50.2 Å². The maximum atomic E-state index is 13.9.